The minimum Gasteiger partial charge on any atom is -0.465 e. The first-order valence-corrected chi connectivity index (χ1v) is 10.7. The van der Waals surface area contributed by atoms with Gasteiger partial charge in [0.1, 0.15) is 0 Å². The van der Waals surface area contributed by atoms with Gasteiger partial charge in [-0.15, -0.1) is 0 Å². The van der Waals surface area contributed by atoms with Gasteiger partial charge < -0.3 is 10.1 Å². The maximum Gasteiger partial charge on any atom is 0.337 e. The van der Waals surface area contributed by atoms with Crippen LogP contribution < -0.4 is 5.32 Å². The van der Waals surface area contributed by atoms with Crippen molar-refractivity contribution in [3.8, 4) is 11.3 Å². The van der Waals surface area contributed by atoms with Crippen molar-refractivity contribution in [3.63, 3.8) is 0 Å². The Hall–Kier alpha value is -2.34. The number of halogens is 2. The molecule has 1 aliphatic heterocycles. The Kier molecular flexibility index (Phi) is 6.42. The molecule has 1 aliphatic rings. The summed E-state index contributed by atoms with van der Waals surface area (Å²) in [6.07, 6.45) is 2.14. The van der Waals surface area contributed by atoms with E-state index >= 15 is 0 Å². The predicted octanol–water partition coefficient (Wildman–Crippen LogP) is 5.16. The van der Waals surface area contributed by atoms with E-state index in [0.717, 1.165) is 42.8 Å². The van der Waals surface area contributed by atoms with Crippen LogP contribution in [-0.2, 0) is 11.3 Å². The number of rotatable bonds is 5. The van der Waals surface area contributed by atoms with Crippen LogP contribution in [0.5, 0.6) is 0 Å². The van der Waals surface area contributed by atoms with Crippen LogP contribution in [0.2, 0.25) is 10.0 Å². The Labute approximate surface area is 185 Å². The van der Waals surface area contributed by atoms with E-state index < -0.39 is 0 Å². The Bertz CT molecular complexity index is 1020. The molecule has 2 heterocycles. The van der Waals surface area contributed by atoms with Crippen LogP contribution in [0, 0.1) is 0 Å². The number of aromatic nitrogens is 2. The number of carbonyl (C=O) groups is 1. The van der Waals surface area contributed by atoms with E-state index in [1.807, 2.05) is 24.3 Å². The number of esters is 1. The molecule has 3 aromatic rings. The quantitative estimate of drug-likeness (QED) is 0.553. The molecule has 0 amide bonds. The normalized spacial score (nSPS) is 14.6. The second kappa shape index (κ2) is 9.21. The lowest BCUT2D eigenvalue weighted by Crippen LogP contribution is -2.28. The topological polar surface area (TPSA) is 56.2 Å². The van der Waals surface area contributed by atoms with Gasteiger partial charge >= 0.3 is 5.97 Å². The summed E-state index contributed by atoms with van der Waals surface area (Å²) in [6.45, 7) is 2.62. The van der Waals surface area contributed by atoms with E-state index in [9.17, 15) is 4.79 Å². The van der Waals surface area contributed by atoms with Crippen molar-refractivity contribution < 1.29 is 9.53 Å². The van der Waals surface area contributed by atoms with Gasteiger partial charge in [0.25, 0.3) is 0 Å². The molecule has 1 fully saturated rings. The maximum atomic E-state index is 11.7. The molecule has 5 nitrogen and oxygen atoms in total. The molecule has 0 atom stereocenters. The third kappa shape index (κ3) is 4.69. The number of methoxy groups -OCH3 is 1. The van der Waals surface area contributed by atoms with Crippen molar-refractivity contribution in [2.45, 2.75) is 25.3 Å². The Morgan fingerprint density at radius 3 is 2.40 bits per heavy atom. The van der Waals surface area contributed by atoms with Gasteiger partial charge in [0.05, 0.1) is 24.9 Å². The molecule has 0 saturated carbocycles. The molecule has 4 rings (SSSR count). The molecular formula is C23H23Cl2N3O2. The molecular weight excluding hydrogens is 421 g/mol. The third-order valence-corrected chi connectivity index (χ3v) is 5.87. The Balaban J connectivity index is 1.68. The van der Waals surface area contributed by atoms with Crippen molar-refractivity contribution >= 4 is 29.2 Å². The molecule has 156 valence electrons. The first-order chi connectivity index (χ1) is 14.5. The van der Waals surface area contributed by atoms with Gasteiger partial charge in [0.15, 0.2) is 0 Å². The SMILES string of the molecule is COC(=O)c1ccc(Cn2nc(-c3cc(Cl)cc(Cl)c3)cc2C2CCNCC2)cc1. The van der Waals surface area contributed by atoms with E-state index in [4.69, 9.17) is 33.0 Å². The summed E-state index contributed by atoms with van der Waals surface area (Å²) in [5.74, 6) is 0.104. The number of piperidine rings is 1. The highest BCUT2D eigenvalue weighted by Crippen LogP contribution is 2.32. The van der Waals surface area contributed by atoms with Crippen LogP contribution in [0.25, 0.3) is 11.3 Å². The van der Waals surface area contributed by atoms with Crippen molar-refractivity contribution in [2.24, 2.45) is 0 Å². The molecule has 0 spiro atoms. The van der Waals surface area contributed by atoms with Gasteiger partial charge in [0, 0.05) is 27.2 Å². The highest BCUT2D eigenvalue weighted by molar-refractivity contribution is 6.35. The van der Waals surface area contributed by atoms with Gasteiger partial charge in [-0.05, 0) is 67.9 Å². The lowest BCUT2D eigenvalue weighted by Gasteiger charge is -2.23. The zero-order valence-corrected chi connectivity index (χ0v) is 18.2. The van der Waals surface area contributed by atoms with Crippen molar-refractivity contribution in [1.29, 1.82) is 0 Å². The van der Waals surface area contributed by atoms with Crippen LogP contribution >= 0.6 is 23.2 Å². The smallest absolute Gasteiger partial charge is 0.337 e. The van der Waals surface area contributed by atoms with Gasteiger partial charge in [-0.2, -0.15) is 5.10 Å². The predicted molar refractivity (Wildman–Crippen MR) is 119 cm³/mol. The number of hydrogen-bond acceptors (Lipinski definition) is 4. The number of benzene rings is 2. The van der Waals surface area contributed by atoms with Crippen LogP contribution in [0.1, 0.15) is 40.4 Å². The lowest BCUT2D eigenvalue weighted by atomic mass is 9.94. The standard InChI is InChI=1S/C23H23Cl2N3O2/c1-30-23(29)17-4-2-15(3-5-17)14-28-22(16-6-8-26-9-7-16)13-21(27-28)18-10-19(24)12-20(25)11-18/h2-5,10-13,16,26H,6-9,14H2,1H3. The zero-order valence-electron chi connectivity index (χ0n) is 16.7. The Morgan fingerprint density at radius 1 is 1.10 bits per heavy atom. The van der Waals surface area contributed by atoms with E-state index in [-0.39, 0.29) is 5.97 Å². The summed E-state index contributed by atoms with van der Waals surface area (Å²) in [5, 5.41) is 9.50. The minimum absolute atomic E-state index is 0.337. The van der Waals surface area contributed by atoms with Crippen LogP contribution in [0.3, 0.4) is 0 Å². The van der Waals surface area contributed by atoms with Crippen molar-refractivity contribution in [1.82, 2.24) is 15.1 Å². The number of hydrogen-bond donors (Lipinski definition) is 1. The van der Waals surface area contributed by atoms with Gasteiger partial charge in [-0.1, -0.05) is 35.3 Å². The van der Waals surface area contributed by atoms with Gasteiger partial charge in [-0.3, -0.25) is 4.68 Å². The fourth-order valence-electron chi connectivity index (χ4n) is 3.88. The highest BCUT2D eigenvalue weighted by atomic mass is 35.5. The first-order valence-electron chi connectivity index (χ1n) is 9.95. The molecule has 30 heavy (non-hydrogen) atoms. The molecule has 0 radical (unpaired) electrons. The van der Waals surface area contributed by atoms with Crippen LogP contribution in [0.4, 0.5) is 0 Å². The van der Waals surface area contributed by atoms with E-state index in [1.165, 1.54) is 12.8 Å². The number of nitrogens with one attached hydrogen (secondary N) is 1. The second-order valence-corrected chi connectivity index (χ2v) is 8.36. The molecule has 1 N–H and O–H groups in total. The number of nitrogens with zero attached hydrogens (tertiary/aromatic N) is 2. The molecule has 0 aliphatic carbocycles. The van der Waals surface area contributed by atoms with Crippen LogP contribution in [-0.4, -0.2) is 35.9 Å². The van der Waals surface area contributed by atoms with Gasteiger partial charge in [0.2, 0.25) is 0 Å². The zero-order chi connectivity index (χ0) is 21.1. The number of carbonyl (C=O) groups excluding carboxylic acids is 1. The number of ether oxygens (including phenoxy) is 1. The summed E-state index contributed by atoms with van der Waals surface area (Å²) in [4.78, 5) is 11.7. The maximum absolute atomic E-state index is 11.7. The molecule has 0 bridgehead atoms. The fraction of sp³-hybridized carbons (Fsp3) is 0.304. The summed E-state index contributed by atoms with van der Waals surface area (Å²) in [7, 11) is 1.38. The van der Waals surface area contributed by atoms with Crippen molar-refractivity contribution in [3.05, 3.63) is 75.4 Å². The van der Waals surface area contributed by atoms with E-state index in [0.29, 0.717) is 28.1 Å². The largest absolute Gasteiger partial charge is 0.465 e. The van der Waals surface area contributed by atoms with E-state index in [2.05, 4.69) is 16.1 Å². The summed E-state index contributed by atoms with van der Waals surface area (Å²) in [5.41, 5.74) is 4.58. The average Bonchev–Trinajstić information content (AvgIpc) is 3.17. The monoisotopic (exact) mass is 443 g/mol. The summed E-state index contributed by atoms with van der Waals surface area (Å²) < 4.78 is 6.84. The van der Waals surface area contributed by atoms with E-state index in [1.54, 1.807) is 18.2 Å². The lowest BCUT2D eigenvalue weighted by molar-refractivity contribution is 0.0600. The average molecular weight is 444 g/mol. The second-order valence-electron chi connectivity index (χ2n) is 7.48. The molecule has 2 aromatic carbocycles. The summed E-state index contributed by atoms with van der Waals surface area (Å²) >= 11 is 12.4. The highest BCUT2D eigenvalue weighted by Gasteiger charge is 2.21. The molecule has 0 unspecified atom stereocenters. The first kappa shape index (κ1) is 20.9. The van der Waals surface area contributed by atoms with Crippen LogP contribution in [0.15, 0.2) is 48.5 Å². The minimum atomic E-state index is -0.337. The van der Waals surface area contributed by atoms with Crippen molar-refractivity contribution in [2.75, 3.05) is 20.2 Å². The summed E-state index contributed by atoms with van der Waals surface area (Å²) in [6, 6.07) is 15.1. The fourth-order valence-corrected chi connectivity index (χ4v) is 4.41. The molecule has 1 aromatic heterocycles. The van der Waals surface area contributed by atoms with Gasteiger partial charge in [-0.25, -0.2) is 4.79 Å². The Morgan fingerprint density at radius 2 is 1.77 bits per heavy atom. The molecule has 1 saturated heterocycles. The molecule has 7 heteroatoms. The third-order valence-electron chi connectivity index (χ3n) is 5.43.